The Kier molecular flexibility index (Phi) is 7.10. The molecule has 0 saturated carbocycles. The number of H-pyrrole nitrogens is 1. The Morgan fingerprint density at radius 3 is 2.64 bits per heavy atom. The number of halogens is 2. The number of nitrogens with one attached hydrogen (secondary N) is 2. The number of aromatic amines is 1. The standard InChI is InChI=1S/C17H18F2N4O4S/c1-2-3-4-11(16(26)27)28-17-22-13(20)12(15(25)23-17)21-14(24)8-5-6-9(18)10(19)7-8/h5-7,11H,2-4H2,1H3,(H,21,24)(H,26,27)(H3,20,22,23,25)/t11-/m1/s1. The number of carbonyl (C=O) groups is 2. The van der Waals surface area contributed by atoms with Crippen molar-refractivity contribution in [3.63, 3.8) is 0 Å². The average Bonchev–Trinajstić information content (AvgIpc) is 2.63. The Morgan fingerprint density at radius 1 is 1.36 bits per heavy atom. The average molecular weight is 412 g/mol. The zero-order valence-electron chi connectivity index (χ0n) is 14.8. The predicted molar refractivity (Wildman–Crippen MR) is 100 cm³/mol. The highest BCUT2D eigenvalue weighted by Gasteiger charge is 2.21. The fraction of sp³-hybridized carbons (Fsp3) is 0.294. The molecule has 5 N–H and O–H groups in total. The fourth-order valence-corrected chi connectivity index (χ4v) is 3.18. The van der Waals surface area contributed by atoms with Crippen molar-refractivity contribution < 1.29 is 23.5 Å². The SMILES string of the molecule is CCCC[C@@H](Sc1nc(N)c(NC(=O)c2ccc(F)c(F)c2)c(=O)[nH]1)C(=O)O. The van der Waals surface area contributed by atoms with E-state index in [0.29, 0.717) is 18.9 Å². The third-order valence-electron chi connectivity index (χ3n) is 3.70. The second-order valence-electron chi connectivity index (χ2n) is 5.80. The number of carbonyl (C=O) groups excluding carboxylic acids is 1. The number of aliphatic carboxylic acids is 1. The summed E-state index contributed by atoms with van der Waals surface area (Å²) in [6.07, 6.45) is 1.88. The lowest BCUT2D eigenvalue weighted by Gasteiger charge is -2.12. The number of carboxylic acids is 1. The molecule has 0 radical (unpaired) electrons. The largest absolute Gasteiger partial charge is 0.480 e. The second kappa shape index (κ2) is 9.31. The van der Waals surface area contributed by atoms with E-state index in [0.717, 1.165) is 30.3 Å². The molecular weight excluding hydrogens is 394 g/mol. The lowest BCUT2D eigenvalue weighted by Crippen LogP contribution is -2.24. The van der Waals surface area contributed by atoms with Gasteiger partial charge in [0.05, 0.1) is 0 Å². The molecule has 1 heterocycles. The molecule has 1 amide bonds. The Labute approximate surface area is 162 Å². The molecule has 11 heteroatoms. The van der Waals surface area contributed by atoms with Gasteiger partial charge in [0.15, 0.2) is 22.6 Å². The molecule has 0 bridgehead atoms. The van der Waals surface area contributed by atoms with Crippen LogP contribution in [0.1, 0.15) is 36.5 Å². The summed E-state index contributed by atoms with van der Waals surface area (Å²) in [5.41, 5.74) is 4.32. The highest BCUT2D eigenvalue weighted by atomic mass is 32.2. The molecule has 2 aromatic rings. The monoisotopic (exact) mass is 412 g/mol. The molecule has 8 nitrogen and oxygen atoms in total. The molecule has 0 aliphatic carbocycles. The van der Waals surface area contributed by atoms with Crippen molar-refractivity contribution in [1.82, 2.24) is 9.97 Å². The third kappa shape index (κ3) is 5.28. The van der Waals surface area contributed by atoms with Gasteiger partial charge in [0.2, 0.25) is 0 Å². The molecule has 0 saturated heterocycles. The Balaban J connectivity index is 2.21. The summed E-state index contributed by atoms with van der Waals surface area (Å²) >= 11 is 0.842. The zero-order chi connectivity index (χ0) is 20.8. The van der Waals surface area contributed by atoms with Crippen molar-refractivity contribution in [3.8, 4) is 0 Å². The molecule has 1 aromatic carbocycles. The molecule has 0 aliphatic heterocycles. The molecular formula is C17H18F2N4O4S. The van der Waals surface area contributed by atoms with E-state index in [1.165, 1.54) is 0 Å². The molecule has 0 aliphatic rings. The van der Waals surface area contributed by atoms with E-state index < -0.39 is 34.3 Å². The van der Waals surface area contributed by atoms with Crippen LogP contribution in [0.4, 0.5) is 20.3 Å². The normalized spacial score (nSPS) is 11.8. The number of amides is 1. The van der Waals surface area contributed by atoms with Crippen LogP contribution in [0.25, 0.3) is 0 Å². The van der Waals surface area contributed by atoms with Crippen LogP contribution >= 0.6 is 11.8 Å². The van der Waals surface area contributed by atoms with Gasteiger partial charge in [-0.05, 0) is 24.6 Å². The van der Waals surface area contributed by atoms with Crippen molar-refractivity contribution in [3.05, 3.63) is 45.8 Å². The van der Waals surface area contributed by atoms with E-state index in [4.69, 9.17) is 5.73 Å². The van der Waals surface area contributed by atoms with Gasteiger partial charge in [0.25, 0.3) is 11.5 Å². The number of hydrogen-bond donors (Lipinski definition) is 4. The molecule has 2 rings (SSSR count). The van der Waals surface area contributed by atoms with E-state index in [1.807, 2.05) is 6.92 Å². The lowest BCUT2D eigenvalue weighted by molar-refractivity contribution is -0.136. The topological polar surface area (TPSA) is 138 Å². The van der Waals surface area contributed by atoms with Crippen LogP contribution in [-0.2, 0) is 4.79 Å². The Hall–Kier alpha value is -2.95. The Morgan fingerprint density at radius 2 is 2.07 bits per heavy atom. The summed E-state index contributed by atoms with van der Waals surface area (Å²) in [5.74, 6) is -4.60. The number of nitrogens with zero attached hydrogens (tertiary/aromatic N) is 1. The maximum atomic E-state index is 13.3. The predicted octanol–water partition coefficient (Wildman–Crippen LogP) is 2.62. The van der Waals surface area contributed by atoms with Gasteiger partial charge in [-0.3, -0.25) is 19.4 Å². The van der Waals surface area contributed by atoms with E-state index in [1.54, 1.807) is 0 Å². The first-order valence-electron chi connectivity index (χ1n) is 8.28. The summed E-state index contributed by atoms with van der Waals surface area (Å²) in [5, 5.41) is 10.6. The highest BCUT2D eigenvalue weighted by molar-refractivity contribution is 8.00. The van der Waals surface area contributed by atoms with Gasteiger partial charge in [0, 0.05) is 5.56 Å². The van der Waals surface area contributed by atoms with E-state index in [9.17, 15) is 28.3 Å². The van der Waals surface area contributed by atoms with Gasteiger partial charge in [-0.25, -0.2) is 13.8 Å². The first-order valence-corrected chi connectivity index (χ1v) is 9.16. The van der Waals surface area contributed by atoms with Crippen molar-refractivity contribution in [2.45, 2.75) is 36.6 Å². The number of nitrogen functional groups attached to an aromatic ring is 1. The first-order chi connectivity index (χ1) is 13.2. The lowest BCUT2D eigenvalue weighted by atomic mass is 10.2. The number of unbranched alkanes of at least 4 members (excludes halogenated alkanes) is 1. The maximum absolute atomic E-state index is 13.3. The van der Waals surface area contributed by atoms with Crippen LogP contribution in [0, 0.1) is 11.6 Å². The number of rotatable bonds is 8. The molecule has 0 spiro atoms. The van der Waals surface area contributed by atoms with Gasteiger partial charge in [-0.15, -0.1) is 0 Å². The second-order valence-corrected chi connectivity index (χ2v) is 6.99. The van der Waals surface area contributed by atoms with Gasteiger partial charge < -0.3 is 16.2 Å². The molecule has 1 atom stereocenters. The summed E-state index contributed by atoms with van der Waals surface area (Å²) in [6, 6.07) is 2.50. The quantitative estimate of drug-likeness (QED) is 0.386. The molecule has 0 fully saturated rings. The minimum absolute atomic E-state index is 0.00294. The molecule has 28 heavy (non-hydrogen) atoms. The zero-order valence-corrected chi connectivity index (χ0v) is 15.6. The number of thioether (sulfide) groups is 1. The van der Waals surface area contributed by atoms with Crippen LogP contribution < -0.4 is 16.6 Å². The fourth-order valence-electron chi connectivity index (χ4n) is 2.23. The van der Waals surface area contributed by atoms with Gasteiger partial charge in [-0.2, -0.15) is 0 Å². The first kappa shape index (κ1) is 21.4. The summed E-state index contributed by atoms with van der Waals surface area (Å²) in [6.45, 7) is 1.92. The summed E-state index contributed by atoms with van der Waals surface area (Å²) in [4.78, 5) is 42.0. The van der Waals surface area contributed by atoms with Gasteiger partial charge in [0.1, 0.15) is 10.9 Å². The highest BCUT2D eigenvalue weighted by Crippen LogP contribution is 2.25. The Bertz CT molecular complexity index is 951. The number of anilines is 2. The van der Waals surface area contributed by atoms with E-state index >= 15 is 0 Å². The summed E-state index contributed by atoms with van der Waals surface area (Å²) in [7, 11) is 0. The van der Waals surface area contributed by atoms with Crippen molar-refractivity contribution >= 4 is 35.1 Å². The van der Waals surface area contributed by atoms with Crippen LogP contribution in [0.15, 0.2) is 28.2 Å². The minimum Gasteiger partial charge on any atom is -0.480 e. The van der Waals surface area contributed by atoms with E-state index in [-0.39, 0.29) is 22.2 Å². The van der Waals surface area contributed by atoms with Gasteiger partial charge >= 0.3 is 5.97 Å². The maximum Gasteiger partial charge on any atom is 0.317 e. The number of aromatic nitrogens is 2. The van der Waals surface area contributed by atoms with E-state index in [2.05, 4.69) is 15.3 Å². The number of benzene rings is 1. The molecule has 1 aromatic heterocycles. The van der Waals surface area contributed by atoms with Crippen molar-refractivity contribution in [2.75, 3.05) is 11.1 Å². The smallest absolute Gasteiger partial charge is 0.317 e. The minimum atomic E-state index is -1.22. The third-order valence-corrected chi connectivity index (χ3v) is 4.83. The van der Waals surface area contributed by atoms with Crippen molar-refractivity contribution in [2.24, 2.45) is 0 Å². The summed E-state index contributed by atoms with van der Waals surface area (Å²) < 4.78 is 26.2. The molecule has 150 valence electrons. The number of carboxylic acid groups (broad SMARTS) is 1. The van der Waals surface area contributed by atoms with Crippen LogP contribution in [-0.4, -0.2) is 32.2 Å². The molecule has 0 unspecified atom stereocenters. The number of hydrogen-bond acceptors (Lipinski definition) is 6. The van der Waals surface area contributed by atoms with Crippen LogP contribution in [0.5, 0.6) is 0 Å². The van der Waals surface area contributed by atoms with Gasteiger partial charge in [-0.1, -0.05) is 31.5 Å². The van der Waals surface area contributed by atoms with Crippen molar-refractivity contribution in [1.29, 1.82) is 0 Å². The van der Waals surface area contributed by atoms with Crippen LogP contribution in [0.2, 0.25) is 0 Å². The number of nitrogens with two attached hydrogens (primary N) is 1. The van der Waals surface area contributed by atoms with Crippen LogP contribution in [0.3, 0.4) is 0 Å².